The molecule has 0 saturated carbocycles. The molecule has 1 heterocycles. The molecule has 0 aliphatic carbocycles. The molecule has 1 N–H and O–H groups in total. The summed E-state index contributed by atoms with van der Waals surface area (Å²) in [6.45, 7) is 1.95. The van der Waals surface area contributed by atoms with Crippen molar-refractivity contribution in [3.8, 4) is 10.6 Å². The smallest absolute Gasteiger partial charge is 0.238 e. The molecular formula is C16H14ClN3O2S2. The predicted molar refractivity (Wildman–Crippen MR) is 97.8 cm³/mol. The maximum absolute atomic E-state index is 12.3. The molecule has 0 aliphatic heterocycles. The zero-order valence-corrected chi connectivity index (χ0v) is 15.1. The SMILES string of the molecule is Cc1ccc(CS(=O)(=O)Nc2nnc(-c3ccc(Cl)cc3)s2)cc1. The van der Waals surface area contributed by atoms with Crippen molar-refractivity contribution in [1.29, 1.82) is 0 Å². The maximum Gasteiger partial charge on any atom is 0.238 e. The molecule has 0 atom stereocenters. The van der Waals surface area contributed by atoms with Gasteiger partial charge in [0.05, 0.1) is 5.75 Å². The van der Waals surface area contributed by atoms with Gasteiger partial charge in [-0.3, -0.25) is 4.72 Å². The first-order valence-electron chi connectivity index (χ1n) is 7.07. The van der Waals surface area contributed by atoms with Gasteiger partial charge in [-0.2, -0.15) is 0 Å². The summed E-state index contributed by atoms with van der Waals surface area (Å²) >= 11 is 7.03. The van der Waals surface area contributed by atoms with Crippen LogP contribution < -0.4 is 4.72 Å². The van der Waals surface area contributed by atoms with Crippen LogP contribution in [-0.2, 0) is 15.8 Å². The summed E-state index contributed by atoms with van der Waals surface area (Å²) in [6.07, 6.45) is 0. The molecule has 0 fully saturated rings. The van der Waals surface area contributed by atoms with Crippen LogP contribution in [-0.4, -0.2) is 18.6 Å². The lowest BCUT2D eigenvalue weighted by atomic mass is 10.2. The Labute approximate surface area is 149 Å². The number of rotatable bonds is 5. The molecule has 3 rings (SSSR count). The fraction of sp³-hybridized carbons (Fsp3) is 0.125. The number of hydrogen-bond acceptors (Lipinski definition) is 5. The molecule has 0 spiro atoms. The summed E-state index contributed by atoms with van der Waals surface area (Å²) in [5, 5.41) is 9.41. The highest BCUT2D eigenvalue weighted by Gasteiger charge is 2.15. The average molecular weight is 380 g/mol. The van der Waals surface area contributed by atoms with Crippen LogP contribution in [0.25, 0.3) is 10.6 Å². The van der Waals surface area contributed by atoms with Crippen molar-refractivity contribution in [3.05, 3.63) is 64.7 Å². The number of anilines is 1. The molecule has 0 unspecified atom stereocenters. The quantitative estimate of drug-likeness (QED) is 0.724. The van der Waals surface area contributed by atoms with E-state index in [0.717, 1.165) is 16.7 Å². The molecule has 0 saturated heterocycles. The van der Waals surface area contributed by atoms with E-state index < -0.39 is 10.0 Å². The third-order valence-electron chi connectivity index (χ3n) is 3.24. The Hall–Kier alpha value is -1.96. The minimum Gasteiger partial charge on any atom is -0.257 e. The molecule has 0 aliphatic rings. The molecule has 3 aromatic rings. The second kappa shape index (κ2) is 6.88. The van der Waals surface area contributed by atoms with E-state index in [-0.39, 0.29) is 10.9 Å². The number of sulfonamides is 1. The molecule has 0 radical (unpaired) electrons. The van der Waals surface area contributed by atoms with Gasteiger partial charge in [-0.25, -0.2) is 8.42 Å². The Bertz CT molecular complexity index is 936. The first-order valence-corrected chi connectivity index (χ1v) is 9.91. The Kier molecular flexibility index (Phi) is 4.84. The molecule has 1 aromatic heterocycles. The van der Waals surface area contributed by atoms with Gasteiger partial charge in [-0.15, -0.1) is 10.2 Å². The van der Waals surface area contributed by atoms with Crippen molar-refractivity contribution in [1.82, 2.24) is 10.2 Å². The highest BCUT2D eigenvalue weighted by atomic mass is 35.5. The molecule has 0 bridgehead atoms. The monoisotopic (exact) mass is 379 g/mol. The minimum absolute atomic E-state index is 0.108. The lowest BCUT2D eigenvalue weighted by Crippen LogP contribution is -2.14. The van der Waals surface area contributed by atoms with Gasteiger partial charge in [0.15, 0.2) is 0 Å². The fourth-order valence-corrected chi connectivity index (χ4v) is 4.33. The minimum atomic E-state index is -3.54. The molecule has 124 valence electrons. The second-order valence-corrected chi connectivity index (χ2v) is 8.40. The van der Waals surface area contributed by atoms with E-state index in [1.54, 1.807) is 24.3 Å². The number of aromatic nitrogens is 2. The van der Waals surface area contributed by atoms with Crippen molar-refractivity contribution >= 4 is 38.1 Å². The van der Waals surface area contributed by atoms with Gasteiger partial charge in [0.25, 0.3) is 0 Å². The summed E-state index contributed by atoms with van der Waals surface area (Å²) < 4.78 is 27.0. The summed E-state index contributed by atoms with van der Waals surface area (Å²) in [4.78, 5) is 0. The van der Waals surface area contributed by atoms with E-state index in [1.165, 1.54) is 11.3 Å². The standard InChI is InChI=1S/C16H14ClN3O2S2/c1-11-2-4-12(5-3-11)10-24(21,22)20-16-19-18-15(23-16)13-6-8-14(17)9-7-13/h2-9H,10H2,1H3,(H,19,20). The third-order valence-corrected chi connectivity index (χ3v) is 5.72. The molecule has 2 aromatic carbocycles. The Morgan fingerprint density at radius 1 is 1.04 bits per heavy atom. The first kappa shape index (κ1) is 16.9. The van der Waals surface area contributed by atoms with E-state index in [4.69, 9.17) is 11.6 Å². The molecular weight excluding hydrogens is 366 g/mol. The van der Waals surface area contributed by atoms with E-state index in [1.807, 2.05) is 31.2 Å². The third kappa shape index (κ3) is 4.31. The average Bonchev–Trinajstić information content (AvgIpc) is 2.98. The highest BCUT2D eigenvalue weighted by molar-refractivity contribution is 7.92. The van der Waals surface area contributed by atoms with Gasteiger partial charge >= 0.3 is 0 Å². The van der Waals surface area contributed by atoms with Crippen LogP contribution in [0.5, 0.6) is 0 Å². The Morgan fingerprint density at radius 3 is 2.38 bits per heavy atom. The number of aryl methyl sites for hydroxylation is 1. The normalized spacial score (nSPS) is 11.4. The lowest BCUT2D eigenvalue weighted by Gasteiger charge is -2.05. The highest BCUT2D eigenvalue weighted by Crippen LogP contribution is 2.28. The van der Waals surface area contributed by atoms with Crippen LogP contribution in [0.3, 0.4) is 0 Å². The van der Waals surface area contributed by atoms with Gasteiger partial charge in [-0.1, -0.05) is 64.9 Å². The van der Waals surface area contributed by atoms with Crippen molar-refractivity contribution < 1.29 is 8.42 Å². The largest absolute Gasteiger partial charge is 0.257 e. The van der Waals surface area contributed by atoms with Gasteiger partial charge in [0, 0.05) is 10.6 Å². The second-order valence-electron chi connectivity index (χ2n) is 5.27. The Balaban J connectivity index is 1.73. The lowest BCUT2D eigenvalue weighted by molar-refractivity contribution is 0.600. The van der Waals surface area contributed by atoms with E-state index in [9.17, 15) is 8.42 Å². The number of nitrogens with zero attached hydrogens (tertiary/aromatic N) is 2. The van der Waals surface area contributed by atoms with Gasteiger partial charge in [0.1, 0.15) is 5.01 Å². The molecule has 5 nitrogen and oxygen atoms in total. The topological polar surface area (TPSA) is 72.0 Å². The zero-order chi connectivity index (χ0) is 17.2. The fourth-order valence-electron chi connectivity index (χ4n) is 2.05. The van der Waals surface area contributed by atoms with Crippen molar-refractivity contribution in [2.45, 2.75) is 12.7 Å². The van der Waals surface area contributed by atoms with E-state index in [0.29, 0.717) is 10.0 Å². The molecule has 24 heavy (non-hydrogen) atoms. The molecule has 8 heteroatoms. The van der Waals surface area contributed by atoms with Crippen LogP contribution >= 0.6 is 22.9 Å². The number of halogens is 1. The van der Waals surface area contributed by atoms with Gasteiger partial charge < -0.3 is 0 Å². The zero-order valence-electron chi connectivity index (χ0n) is 12.7. The predicted octanol–water partition coefficient (Wildman–Crippen LogP) is 4.11. The summed E-state index contributed by atoms with van der Waals surface area (Å²) in [5.74, 6) is -0.108. The Morgan fingerprint density at radius 2 is 1.71 bits per heavy atom. The van der Waals surface area contributed by atoms with Crippen LogP contribution in [0.1, 0.15) is 11.1 Å². The number of hydrogen-bond donors (Lipinski definition) is 1. The number of benzene rings is 2. The van der Waals surface area contributed by atoms with Crippen LogP contribution in [0.2, 0.25) is 5.02 Å². The van der Waals surface area contributed by atoms with Crippen molar-refractivity contribution in [3.63, 3.8) is 0 Å². The van der Waals surface area contributed by atoms with E-state index in [2.05, 4.69) is 14.9 Å². The first-order chi connectivity index (χ1) is 11.4. The van der Waals surface area contributed by atoms with Crippen molar-refractivity contribution in [2.75, 3.05) is 4.72 Å². The van der Waals surface area contributed by atoms with E-state index >= 15 is 0 Å². The van der Waals surface area contributed by atoms with Gasteiger partial charge in [-0.05, 0) is 24.6 Å². The summed E-state index contributed by atoms with van der Waals surface area (Å²) in [6, 6.07) is 14.5. The maximum atomic E-state index is 12.3. The summed E-state index contributed by atoms with van der Waals surface area (Å²) in [7, 11) is -3.54. The van der Waals surface area contributed by atoms with Crippen LogP contribution in [0.15, 0.2) is 48.5 Å². The van der Waals surface area contributed by atoms with Crippen LogP contribution in [0.4, 0.5) is 5.13 Å². The van der Waals surface area contributed by atoms with Gasteiger partial charge in [0.2, 0.25) is 15.2 Å². The molecule has 0 amide bonds. The van der Waals surface area contributed by atoms with Crippen LogP contribution in [0, 0.1) is 6.92 Å². The number of nitrogens with one attached hydrogen (secondary N) is 1. The van der Waals surface area contributed by atoms with Crippen molar-refractivity contribution in [2.24, 2.45) is 0 Å². The summed E-state index contributed by atoms with van der Waals surface area (Å²) in [5.41, 5.74) is 2.64.